The summed E-state index contributed by atoms with van der Waals surface area (Å²) >= 11 is 0. The molecule has 68 heavy (non-hydrogen) atoms. The van der Waals surface area contributed by atoms with Crippen LogP contribution in [0.4, 0.5) is 0 Å². The molecule has 0 N–H and O–H groups in total. The molecular formula is C63H39N5. The molecule has 5 nitrogen and oxygen atoms in total. The second kappa shape index (κ2) is 15.2. The number of fused-ring (bicyclic) bond motifs is 10. The number of nitrogens with zero attached hydrogens (tertiary/aromatic N) is 5. The highest BCUT2D eigenvalue weighted by Gasteiger charge is 2.23. The molecule has 14 rings (SSSR count). The molecule has 14 aromatic rings. The van der Waals surface area contributed by atoms with E-state index >= 15 is 0 Å². The fourth-order valence-corrected chi connectivity index (χ4v) is 10.5. The minimum absolute atomic E-state index is 0.618. The molecule has 3 heterocycles. The van der Waals surface area contributed by atoms with Crippen molar-refractivity contribution in [2.75, 3.05) is 0 Å². The van der Waals surface area contributed by atoms with Gasteiger partial charge in [-0.2, -0.15) is 0 Å². The molecular weight excluding hydrogens is 827 g/mol. The van der Waals surface area contributed by atoms with Crippen LogP contribution in [0, 0.1) is 0 Å². The van der Waals surface area contributed by atoms with Gasteiger partial charge in [0, 0.05) is 49.6 Å². The zero-order chi connectivity index (χ0) is 44.7. The van der Waals surface area contributed by atoms with Gasteiger partial charge < -0.3 is 9.13 Å². The third-order valence-corrected chi connectivity index (χ3v) is 13.7. The Hall–Kier alpha value is -9.19. The first kappa shape index (κ1) is 38.1. The molecule has 0 aliphatic rings. The topological polar surface area (TPSA) is 48.5 Å². The van der Waals surface area contributed by atoms with E-state index in [-0.39, 0.29) is 0 Å². The number of hydrogen-bond donors (Lipinski definition) is 0. The fourth-order valence-electron chi connectivity index (χ4n) is 10.5. The van der Waals surface area contributed by atoms with Crippen molar-refractivity contribution < 1.29 is 0 Å². The fraction of sp³-hybridized carbons (Fsp3) is 0. The molecule has 0 bridgehead atoms. The minimum Gasteiger partial charge on any atom is -0.309 e. The summed E-state index contributed by atoms with van der Waals surface area (Å²) in [4.78, 5) is 15.6. The van der Waals surface area contributed by atoms with Crippen LogP contribution < -0.4 is 0 Å². The molecule has 0 saturated heterocycles. The Morgan fingerprint density at radius 3 is 1.53 bits per heavy atom. The van der Waals surface area contributed by atoms with E-state index in [0.29, 0.717) is 17.5 Å². The van der Waals surface area contributed by atoms with Gasteiger partial charge in [-0.1, -0.05) is 188 Å². The number of aromatic nitrogens is 5. The van der Waals surface area contributed by atoms with Crippen LogP contribution in [0.2, 0.25) is 0 Å². The summed E-state index contributed by atoms with van der Waals surface area (Å²) in [6, 6.07) is 84.9. The average molecular weight is 866 g/mol. The molecule has 316 valence electrons. The Balaban J connectivity index is 1.10. The molecule has 0 fully saturated rings. The summed E-state index contributed by atoms with van der Waals surface area (Å²) in [5.41, 5.74) is 11.8. The monoisotopic (exact) mass is 865 g/mol. The van der Waals surface area contributed by atoms with Crippen LogP contribution in [0.1, 0.15) is 0 Å². The number of hydrogen-bond acceptors (Lipinski definition) is 3. The van der Waals surface area contributed by atoms with Crippen molar-refractivity contribution in [2.45, 2.75) is 0 Å². The van der Waals surface area contributed by atoms with E-state index < -0.39 is 0 Å². The molecule has 3 aromatic heterocycles. The summed E-state index contributed by atoms with van der Waals surface area (Å²) in [5, 5.41) is 11.9. The van der Waals surface area contributed by atoms with Crippen LogP contribution >= 0.6 is 0 Å². The van der Waals surface area contributed by atoms with Crippen LogP contribution in [0.25, 0.3) is 133 Å². The zero-order valence-corrected chi connectivity index (χ0v) is 36.8. The van der Waals surface area contributed by atoms with Gasteiger partial charge in [0.15, 0.2) is 17.5 Å². The minimum atomic E-state index is 0.618. The van der Waals surface area contributed by atoms with Crippen molar-refractivity contribution in [1.82, 2.24) is 24.1 Å². The Kier molecular flexibility index (Phi) is 8.52. The van der Waals surface area contributed by atoms with Gasteiger partial charge in [0.2, 0.25) is 0 Å². The standard InChI is InChI=1S/C63H39N5/c1-4-16-40(17-5-1)46-29-32-52-53-38-55-59(67(48-31-28-41-18-10-11-24-45(41)34-48)56-33-30-42-19-12-15-27-51(42)60(55)56)39-58(53)68(57(52)36-46)49-35-47-25-13-14-26-50(47)54(37-49)63-65-61(43-20-6-2-7-21-43)64-62(66-63)44-22-8-3-9-23-44/h1-39H. The highest BCUT2D eigenvalue weighted by Crippen LogP contribution is 2.44. The van der Waals surface area contributed by atoms with Crippen LogP contribution in [0.5, 0.6) is 0 Å². The molecule has 0 atom stereocenters. The Morgan fingerprint density at radius 1 is 0.250 bits per heavy atom. The molecule has 0 spiro atoms. The predicted molar refractivity (Wildman–Crippen MR) is 283 cm³/mol. The van der Waals surface area contributed by atoms with Gasteiger partial charge in [0.25, 0.3) is 0 Å². The van der Waals surface area contributed by atoms with Crippen molar-refractivity contribution in [3.8, 4) is 56.7 Å². The van der Waals surface area contributed by atoms with Crippen molar-refractivity contribution in [1.29, 1.82) is 0 Å². The number of rotatable bonds is 6. The van der Waals surface area contributed by atoms with Crippen molar-refractivity contribution >= 4 is 75.9 Å². The molecule has 0 aliphatic heterocycles. The van der Waals surface area contributed by atoms with Crippen molar-refractivity contribution in [3.63, 3.8) is 0 Å². The van der Waals surface area contributed by atoms with Gasteiger partial charge in [0.05, 0.1) is 22.1 Å². The van der Waals surface area contributed by atoms with Gasteiger partial charge in [-0.15, -0.1) is 0 Å². The van der Waals surface area contributed by atoms with E-state index in [1.165, 1.54) is 54.2 Å². The Morgan fingerprint density at radius 2 is 0.794 bits per heavy atom. The maximum atomic E-state index is 5.27. The van der Waals surface area contributed by atoms with E-state index in [2.05, 4.69) is 209 Å². The Labute approximate surface area is 391 Å². The lowest BCUT2D eigenvalue weighted by Crippen LogP contribution is -2.02. The first-order chi connectivity index (χ1) is 33.7. The van der Waals surface area contributed by atoms with Crippen LogP contribution in [-0.4, -0.2) is 24.1 Å². The first-order valence-electron chi connectivity index (χ1n) is 23.1. The molecule has 0 radical (unpaired) electrons. The van der Waals surface area contributed by atoms with E-state index in [1.807, 2.05) is 36.4 Å². The van der Waals surface area contributed by atoms with E-state index in [0.717, 1.165) is 61.0 Å². The predicted octanol–water partition coefficient (Wildman–Crippen LogP) is 16.2. The summed E-state index contributed by atoms with van der Waals surface area (Å²) in [6.45, 7) is 0. The molecule has 0 amide bonds. The normalized spacial score (nSPS) is 11.8. The highest BCUT2D eigenvalue weighted by molar-refractivity contribution is 6.25. The third kappa shape index (κ3) is 6.06. The van der Waals surface area contributed by atoms with E-state index in [9.17, 15) is 0 Å². The van der Waals surface area contributed by atoms with Crippen molar-refractivity contribution in [3.05, 3.63) is 237 Å². The second-order valence-electron chi connectivity index (χ2n) is 17.6. The average Bonchev–Trinajstić information content (AvgIpc) is 3.92. The zero-order valence-electron chi connectivity index (χ0n) is 36.8. The maximum absolute atomic E-state index is 5.27. The smallest absolute Gasteiger partial charge is 0.164 e. The summed E-state index contributed by atoms with van der Waals surface area (Å²) < 4.78 is 4.93. The second-order valence-corrected chi connectivity index (χ2v) is 17.6. The number of benzene rings is 11. The van der Waals surface area contributed by atoms with Gasteiger partial charge in [-0.3, -0.25) is 0 Å². The summed E-state index contributed by atoms with van der Waals surface area (Å²) in [7, 11) is 0. The third-order valence-electron chi connectivity index (χ3n) is 13.7. The van der Waals surface area contributed by atoms with Gasteiger partial charge in [0.1, 0.15) is 0 Å². The van der Waals surface area contributed by atoms with Gasteiger partial charge in [-0.05, 0) is 92.0 Å². The van der Waals surface area contributed by atoms with Crippen LogP contribution in [-0.2, 0) is 0 Å². The molecule has 0 aliphatic carbocycles. The van der Waals surface area contributed by atoms with E-state index in [4.69, 9.17) is 15.0 Å². The largest absolute Gasteiger partial charge is 0.309 e. The Bertz CT molecular complexity index is 4250. The lowest BCUT2D eigenvalue weighted by Gasteiger charge is -2.15. The summed E-state index contributed by atoms with van der Waals surface area (Å²) in [6.07, 6.45) is 0. The van der Waals surface area contributed by atoms with Gasteiger partial charge in [-0.25, -0.2) is 15.0 Å². The quantitative estimate of drug-likeness (QED) is 0.167. The lowest BCUT2D eigenvalue weighted by molar-refractivity contribution is 1.07. The lowest BCUT2D eigenvalue weighted by atomic mass is 10.0. The van der Waals surface area contributed by atoms with Crippen LogP contribution in [0.15, 0.2) is 237 Å². The summed E-state index contributed by atoms with van der Waals surface area (Å²) in [5.74, 6) is 1.88. The van der Waals surface area contributed by atoms with E-state index in [1.54, 1.807) is 0 Å². The van der Waals surface area contributed by atoms with Crippen LogP contribution in [0.3, 0.4) is 0 Å². The molecule has 0 unspecified atom stereocenters. The van der Waals surface area contributed by atoms with Crippen molar-refractivity contribution in [2.24, 2.45) is 0 Å². The first-order valence-corrected chi connectivity index (χ1v) is 23.1. The molecule has 11 aromatic carbocycles. The molecule has 0 saturated carbocycles. The SMILES string of the molecule is c1ccc(-c2ccc3c4cc5c6c7ccccc7ccc6n(-c6ccc7ccccc7c6)c5cc4n(-c4cc(-c5nc(-c6ccccc6)nc(-c6ccccc6)n5)c5ccccc5c4)c3c2)cc1. The van der Waals surface area contributed by atoms with Gasteiger partial charge >= 0.3 is 0 Å². The molecule has 5 heteroatoms. The maximum Gasteiger partial charge on any atom is 0.164 e. The highest BCUT2D eigenvalue weighted by atomic mass is 15.0.